The number of amides is 1. The number of piperazine rings is 1. The number of carbonyl (C=O) groups excluding carboxylic acids is 1. The number of hydrogen-bond acceptors (Lipinski definition) is 3. The summed E-state index contributed by atoms with van der Waals surface area (Å²) < 4.78 is 19.3. The van der Waals surface area contributed by atoms with E-state index in [-0.39, 0.29) is 30.4 Å². The summed E-state index contributed by atoms with van der Waals surface area (Å²) in [4.78, 5) is 17.4. The molecule has 0 spiro atoms. The van der Waals surface area contributed by atoms with Gasteiger partial charge in [0.05, 0.1) is 0 Å². The number of rotatable bonds is 6. The van der Waals surface area contributed by atoms with Crippen LogP contribution in [0.3, 0.4) is 0 Å². The van der Waals surface area contributed by atoms with Crippen molar-refractivity contribution in [1.82, 2.24) is 9.80 Å². The van der Waals surface area contributed by atoms with Crippen LogP contribution < -0.4 is 4.74 Å². The lowest BCUT2D eigenvalue weighted by atomic mass is 9.84. The third-order valence-electron chi connectivity index (χ3n) is 7.05. The van der Waals surface area contributed by atoms with E-state index in [9.17, 15) is 9.18 Å². The van der Waals surface area contributed by atoms with E-state index in [2.05, 4.69) is 30.9 Å². The Labute approximate surface area is 191 Å². The predicted octanol–water partition coefficient (Wildman–Crippen LogP) is 5.37. The van der Waals surface area contributed by atoms with E-state index in [0.29, 0.717) is 12.5 Å². The van der Waals surface area contributed by atoms with Gasteiger partial charge < -0.3 is 9.64 Å². The number of ether oxygens (including phenoxy) is 1. The average Bonchev–Trinajstić information content (AvgIpc) is 2.82. The van der Waals surface area contributed by atoms with Crippen molar-refractivity contribution < 1.29 is 13.9 Å². The SMILES string of the molecule is CC1CN(C(=O)COc2ccccc2C2CCCCC2)C(C)CN1Cc1ccc(F)cc1. The van der Waals surface area contributed by atoms with Crippen LogP contribution in [-0.4, -0.2) is 47.5 Å². The van der Waals surface area contributed by atoms with E-state index in [1.807, 2.05) is 29.2 Å². The van der Waals surface area contributed by atoms with Crippen LogP contribution in [0.15, 0.2) is 48.5 Å². The summed E-state index contributed by atoms with van der Waals surface area (Å²) in [6.07, 6.45) is 6.28. The van der Waals surface area contributed by atoms with E-state index in [0.717, 1.165) is 24.4 Å². The molecule has 1 heterocycles. The van der Waals surface area contributed by atoms with Gasteiger partial charge in [-0.25, -0.2) is 4.39 Å². The lowest BCUT2D eigenvalue weighted by Crippen LogP contribution is -2.58. The second-order valence-corrected chi connectivity index (χ2v) is 9.46. The van der Waals surface area contributed by atoms with Crippen molar-refractivity contribution in [2.75, 3.05) is 19.7 Å². The fourth-order valence-electron chi connectivity index (χ4n) is 5.18. The van der Waals surface area contributed by atoms with Crippen LogP contribution in [0.25, 0.3) is 0 Å². The maximum Gasteiger partial charge on any atom is 0.260 e. The van der Waals surface area contributed by atoms with Crippen LogP contribution in [0.1, 0.15) is 63.0 Å². The Hall–Kier alpha value is -2.40. The molecular formula is C27H35FN2O2. The average molecular weight is 439 g/mol. The van der Waals surface area contributed by atoms with Gasteiger partial charge in [-0.05, 0) is 61.9 Å². The summed E-state index contributed by atoms with van der Waals surface area (Å²) >= 11 is 0. The molecule has 2 aliphatic rings. The van der Waals surface area contributed by atoms with Gasteiger partial charge in [0.1, 0.15) is 11.6 Å². The van der Waals surface area contributed by atoms with Gasteiger partial charge in [-0.1, -0.05) is 49.6 Å². The highest BCUT2D eigenvalue weighted by Crippen LogP contribution is 2.37. The molecule has 1 saturated heterocycles. The van der Waals surface area contributed by atoms with Crippen LogP contribution in [0.2, 0.25) is 0 Å². The van der Waals surface area contributed by atoms with Crippen molar-refractivity contribution in [2.45, 2.75) is 70.5 Å². The number of benzene rings is 2. The molecule has 32 heavy (non-hydrogen) atoms. The lowest BCUT2D eigenvalue weighted by molar-refractivity contribution is -0.139. The van der Waals surface area contributed by atoms with Crippen molar-refractivity contribution in [2.24, 2.45) is 0 Å². The van der Waals surface area contributed by atoms with Crippen molar-refractivity contribution in [3.05, 3.63) is 65.5 Å². The molecule has 4 nitrogen and oxygen atoms in total. The first-order valence-electron chi connectivity index (χ1n) is 12.0. The molecule has 0 bridgehead atoms. The quantitative estimate of drug-likeness (QED) is 0.608. The molecule has 172 valence electrons. The maximum absolute atomic E-state index is 13.2. The van der Waals surface area contributed by atoms with Crippen molar-refractivity contribution >= 4 is 5.91 Å². The first-order chi connectivity index (χ1) is 15.5. The van der Waals surface area contributed by atoms with Gasteiger partial charge in [0.25, 0.3) is 5.91 Å². The highest BCUT2D eigenvalue weighted by Gasteiger charge is 2.32. The van der Waals surface area contributed by atoms with Gasteiger partial charge in [-0.15, -0.1) is 0 Å². The Balaban J connectivity index is 1.34. The molecule has 0 N–H and O–H groups in total. The molecule has 5 heteroatoms. The lowest BCUT2D eigenvalue weighted by Gasteiger charge is -2.44. The molecule has 2 fully saturated rings. The molecule has 2 aromatic rings. The van der Waals surface area contributed by atoms with Gasteiger partial charge >= 0.3 is 0 Å². The fourth-order valence-corrected chi connectivity index (χ4v) is 5.18. The molecule has 4 rings (SSSR count). The van der Waals surface area contributed by atoms with E-state index < -0.39 is 0 Å². The van der Waals surface area contributed by atoms with Crippen LogP contribution >= 0.6 is 0 Å². The summed E-state index contributed by atoms with van der Waals surface area (Å²) in [5.41, 5.74) is 2.35. The van der Waals surface area contributed by atoms with Crippen molar-refractivity contribution in [1.29, 1.82) is 0 Å². The summed E-state index contributed by atoms with van der Waals surface area (Å²) in [6, 6.07) is 15.2. The summed E-state index contributed by atoms with van der Waals surface area (Å²) in [6.45, 7) is 6.56. The zero-order valence-corrected chi connectivity index (χ0v) is 19.3. The number of para-hydroxylation sites is 1. The van der Waals surface area contributed by atoms with Gasteiger partial charge in [-0.3, -0.25) is 9.69 Å². The Morgan fingerprint density at radius 1 is 0.969 bits per heavy atom. The molecule has 0 aromatic heterocycles. The second-order valence-electron chi connectivity index (χ2n) is 9.46. The monoisotopic (exact) mass is 438 g/mol. The molecule has 1 amide bonds. The maximum atomic E-state index is 13.2. The van der Waals surface area contributed by atoms with Crippen molar-refractivity contribution in [3.8, 4) is 5.75 Å². The Morgan fingerprint density at radius 2 is 1.69 bits per heavy atom. The number of hydrogen-bond donors (Lipinski definition) is 0. The smallest absolute Gasteiger partial charge is 0.260 e. The number of halogens is 1. The highest BCUT2D eigenvalue weighted by molar-refractivity contribution is 5.78. The molecule has 2 atom stereocenters. The fraction of sp³-hybridized carbons (Fsp3) is 0.519. The number of nitrogens with zero attached hydrogens (tertiary/aromatic N) is 2. The minimum absolute atomic E-state index is 0.0456. The minimum Gasteiger partial charge on any atom is -0.483 e. The molecular weight excluding hydrogens is 403 g/mol. The molecule has 1 aliphatic heterocycles. The van der Waals surface area contributed by atoms with Crippen LogP contribution in [-0.2, 0) is 11.3 Å². The first-order valence-corrected chi connectivity index (χ1v) is 12.0. The molecule has 2 unspecified atom stereocenters. The van der Waals surface area contributed by atoms with Gasteiger partial charge in [-0.2, -0.15) is 0 Å². The van der Waals surface area contributed by atoms with E-state index in [4.69, 9.17) is 4.74 Å². The molecule has 1 aliphatic carbocycles. The molecule has 1 saturated carbocycles. The van der Waals surface area contributed by atoms with Gasteiger partial charge in [0.15, 0.2) is 6.61 Å². The molecule has 0 radical (unpaired) electrons. The largest absolute Gasteiger partial charge is 0.483 e. The standard InChI is InChI=1S/C27H35FN2O2/c1-20-17-30(21(2)16-29(20)18-22-12-14-24(28)15-13-22)27(31)19-32-26-11-7-6-10-25(26)23-8-4-3-5-9-23/h6-7,10-15,20-21,23H,3-5,8-9,16-19H2,1-2H3. The summed E-state index contributed by atoms with van der Waals surface area (Å²) in [5.74, 6) is 1.24. The van der Waals surface area contributed by atoms with E-state index >= 15 is 0 Å². The van der Waals surface area contributed by atoms with Gasteiger partial charge in [0, 0.05) is 31.7 Å². The van der Waals surface area contributed by atoms with Gasteiger partial charge in [0.2, 0.25) is 0 Å². The third kappa shape index (κ3) is 5.50. The van der Waals surface area contributed by atoms with Crippen LogP contribution in [0.5, 0.6) is 5.75 Å². The Morgan fingerprint density at radius 3 is 2.44 bits per heavy atom. The normalized spacial score (nSPS) is 22.7. The molecule has 2 aromatic carbocycles. The topological polar surface area (TPSA) is 32.8 Å². The van der Waals surface area contributed by atoms with E-state index in [1.165, 1.54) is 49.8 Å². The zero-order valence-electron chi connectivity index (χ0n) is 19.3. The zero-order chi connectivity index (χ0) is 22.5. The summed E-state index contributed by atoms with van der Waals surface area (Å²) in [5, 5.41) is 0. The Kier molecular flexibility index (Phi) is 7.46. The van der Waals surface area contributed by atoms with Crippen LogP contribution in [0, 0.1) is 5.82 Å². The minimum atomic E-state index is -0.212. The number of carbonyl (C=O) groups is 1. The van der Waals surface area contributed by atoms with Crippen molar-refractivity contribution in [3.63, 3.8) is 0 Å². The predicted molar refractivity (Wildman–Crippen MR) is 125 cm³/mol. The second kappa shape index (κ2) is 10.5. The summed E-state index contributed by atoms with van der Waals surface area (Å²) in [7, 11) is 0. The Bertz CT molecular complexity index is 895. The first kappa shape index (κ1) is 22.8. The highest BCUT2D eigenvalue weighted by atomic mass is 19.1. The van der Waals surface area contributed by atoms with Crippen LogP contribution in [0.4, 0.5) is 4.39 Å². The third-order valence-corrected chi connectivity index (χ3v) is 7.05. The van der Waals surface area contributed by atoms with E-state index in [1.54, 1.807) is 0 Å².